The van der Waals surface area contributed by atoms with Crippen LogP contribution in [0.2, 0.25) is 0 Å². The summed E-state index contributed by atoms with van der Waals surface area (Å²) in [4.78, 5) is 19.4. The van der Waals surface area contributed by atoms with E-state index in [9.17, 15) is 9.18 Å². The van der Waals surface area contributed by atoms with E-state index in [1.165, 1.54) is 19.3 Å². The highest BCUT2D eigenvalue weighted by Crippen LogP contribution is 2.11. The molecule has 0 bridgehead atoms. The van der Waals surface area contributed by atoms with E-state index >= 15 is 0 Å². The molecule has 0 saturated carbocycles. The fourth-order valence-corrected chi connectivity index (χ4v) is 2.09. The third-order valence-corrected chi connectivity index (χ3v) is 3.47. The molecule has 0 aliphatic heterocycles. The van der Waals surface area contributed by atoms with Crippen LogP contribution >= 0.6 is 0 Å². The van der Waals surface area contributed by atoms with Crippen molar-refractivity contribution in [3.05, 3.63) is 64.7 Å². The average Bonchev–Trinajstić information content (AvgIpc) is 2.67. The highest BCUT2D eigenvalue weighted by Gasteiger charge is 2.05. The number of rotatable bonds is 4. The Kier molecular flexibility index (Phi) is 6.68. The minimum absolute atomic E-state index is 0.0587. The van der Waals surface area contributed by atoms with Crippen LogP contribution in [0, 0.1) is 17.7 Å². The monoisotopic (exact) mass is 354 g/mol. The second-order valence-corrected chi connectivity index (χ2v) is 5.23. The number of carbonyl (C=O) groups excluding carboxylic acids is 1. The minimum atomic E-state index is -0.342. The van der Waals surface area contributed by atoms with Gasteiger partial charge in [0, 0.05) is 37.8 Å². The fraction of sp³-hybridized carbons (Fsp3) is 0.211. The number of amides is 1. The van der Waals surface area contributed by atoms with Crippen LogP contribution in [-0.2, 0) is 11.2 Å². The summed E-state index contributed by atoms with van der Waals surface area (Å²) in [6, 6.07) is 7.83. The predicted octanol–water partition coefficient (Wildman–Crippen LogP) is 1.48. The molecule has 3 N–H and O–H groups in total. The Hall–Kier alpha value is -3.40. The first-order valence-electron chi connectivity index (χ1n) is 7.87. The topological polar surface area (TPSA) is 89.6 Å². The van der Waals surface area contributed by atoms with Gasteiger partial charge in [-0.2, -0.15) is 0 Å². The molecule has 1 amide bonds. The molecule has 26 heavy (non-hydrogen) atoms. The van der Waals surface area contributed by atoms with E-state index in [0.29, 0.717) is 28.8 Å². The number of nitrogens with two attached hydrogens (primary N) is 1. The van der Waals surface area contributed by atoms with Gasteiger partial charge in [0.25, 0.3) is 11.9 Å². The molecule has 7 heteroatoms. The second kappa shape index (κ2) is 9.18. The second-order valence-electron chi connectivity index (χ2n) is 5.23. The Morgan fingerprint density at radius 1 is 1.35 bits per heavy atom. The largest absolute Gasteiger partial charge is 0.465 e. The molecule has 2 rings (SSSR count). The Morgan fingerprint density at radius 3 is 2.88 bits per heavy atom. The molecule has 0 atom stereocenters. The number of hydrogen-bond donors (Lipinski definition) is 2. The molecular formula is C19H19FN4O2. The Bertz CT molecular complexity index is 885. The number of aliphatic imine (C=N–C) groups is 1. The van der Waals surface area contributed by atoms with Crippen molar-refractivity contribution in [2.24, 2.45) is 10.7 Å². The summed E-state index contributed by atoms with van der Waals surface area (Å²) in [6.45, 7) is 0.215. The average molecular weight is 354 g/mol. The molecule has 2 aromatic rings. The van der Waals surface area contributed by atoms with Crippen molar-refractivity contribution in [2.45, 2.75) is 6.42 Å². The zero-order valence-electron chi connectivity index (χ0n) is 14.5. The summed E-state index contributed by atoms with van der Waals surface area (Å²) in [7, 11) is 3.07. The van der Waals surface area contributed by atoms with Crippen molar-refractivity contribution in [1.29, 1.82) is 0 Å². The highest BCUT2D eigenvalue weighted by atomic mass is 19.1. The van der Waals surface area contributed by atoms with Gasteiger partial charge < -0.3 is 15.8 Å². The molecular weight excluding hydrogens is 335 g/mol. The number of hydrogen-bond acceptors (Lipinski definition) is 4. The van der Waals surface area contributed by atoms with Crippen molar-refractivity contribution in [1.82, 2.24) is 10.3 Å². The third kappa shape index (κ3) is 5.31. The molecule has 1 aromatic heterocycles. The van der Waals surface area contributed by atoms with Crippen LogP contribution in [-0.4, -0.2) is 37.6 Å². The van der Waals surface area contributed by atoms with Crippen LogP contribution in [0.5, 0.6) is 0 Å². The maximum Gasteiger partial charge on any atom is 0.281 e. The van der Waals surface area contributed by atoms with Gasteiger partial charge in [-0.05, 0) is 41.8 Å². The summed E-state index contributed by atoms with van der Waals surface area (Å²) in [5.74, 6) is 5.24. The Morgan fingerprint density at radius 2 is 2.15 bits per heavy atom. The first-order valence-corrected chi connectivity index (χ1v) is 7.87. The number of ether oxygens (including phenoxy) is 1. The van der Waals surface area contributed by atoms with Crippen LogP contribution < -0.4 is 11.1 Å². The number of benzene rings is 1. The van der Waals surface area contributed by atoms with E-state index in [1.807, 2.05) is 0 Å². The van der Waals surface area contributed by atoms with Crippen LogP contribution in [0.25, 0.3) is 0 Å². The molecule has 1 aromatic carbocycles. The molecule has 0 saturated heterocycles. The quantitative estimate of drug-likeness (QED) is 0.494. The number of carbonyl (C=O) groups is 1. The number of pyridine rings is 1. The van der Waals surface area contributed by atoms with Crippen LogP contribution in [0.15, 0.2) is 41.5 Å². The zero-order chi connectivity index (χ0) is 18.9. The molecule has 0 radical (unpaired) electrons. The molecule has 0 aliphatic rings. The molecule has 0 fully saturated rings. The third-order valence-electron chi connectivity index (χ3n) is 3.47. The van der Waals surface area contributed by atoms with Gasteiger partial charge in [-0.15, -0.1) is 0 Å². The van der Waals surface area contributed by atoms with E-state index < -0.39 is 0 Å². The maximum absolute atomic E-state index is 13.9. The van der Waals surface area contributed by atoms with Crippen LogP contribution in [0.1, 0.15) is 27.2 Å². The first-order chi connectivity index (χ1) is 12.5. The zero-order valence-corrected chi connectivity index (χ0v) is 14.5. The summed E-state index contributed by atoms with van der Waals surface area (Å²) >= 11 is 0. The van der Waals surface area contributed by atoms with Gasteiger partial charge in [-0.1, -0.05) is 5.92 Å². The van der Waals surface area contributed by atoms with Crippen molar-refractivity contribution in [2.75, 3.05) is 20.7 Å². The van der Waals surface area contributed by atoms with E-state index in [2.05, 4.69) is 27.1 Å². The summed E-state index contributed by atoms with van der Waals surface area (Å²) in [6.07, 6.45) is 1.85. The van der Waals surface area contributed by atoms with Gasteiger partial charge in [0.2, 0.25) is 0 Å². The number of nitrogens with one attached hydrogen (secondary N) is 1. The molecule has 0 aliphatic carbocycles. The lowest BCUT2D eigenvalue weighted by molar-refractivity contribution is 0.0963. The van der Waals surface area contributed by atoms with Gasteiger partial charge >= 0.3 is 0 Å². The first kappa shape index (κ1) is 18.9. The molecule has 6 nitrogen and oxygen atoms in total. The van der Waals surface area contributed by atoms with Crippen molar-refractivity contribution < 1.29 is 13.9 Å². The summed E-state index contributed by atoms with van der Waals surface area (Å²) in [5, 5.41) is 2.54. The van der Waals surface area contributed by atoms with Gasteiger partial charge in [-0.25, -0.2) is 14.4 Å². The lowest BCUT2D eigenvalue weighted by Crippen LogP contribution is -2.17. The molecule has 0 unspecified atom stereocenters. The van der Waals surface area contributed by atoms with E-state index in [-0.39, 0.29) is 24.4 Å². The van der Waals surface area contributed by atoms with Crippen molar-refractivity contribution in [3.8, 4) is 11.8 Å². The summed E-state index contributed by atoms with van der Waals surface area (Å²) < 4.78 is 19.0. The SMILES string of the molecule is CN=C(N)OCCc1cc(C#Cc2cc(C(=O)NC)ccn2)ccc1F. The summed E-state index contributed by atoms with van der Waals surface area (Å²) in [5.41, 5.74) is 7.46. The predicted molar refractivity (Wildman–Crippen MR) is 97.2 cm³/mol. The van der Waals surface area contributed by atoms with Crippen LogP contribution in [0.3, 0.4) is 0 Å². The van der Waals surface area contributed by atoms with Crippen LogP contribution in [0.4, 0.5) is 4.39 Å². The molecule has 0 spiro atoms. The van der Waals surface area contributed by atoms with E-state index in [0.717, 1.165) is 0 Å². The van der Waals surface area contributed by atoms with Gasteiger partial charge in [0.15, 0.2) is 0 Å². The van der Waals surface area contributed by atoms with Gasteiger partial charge in [0.1, 0.15) is 11.5 Å². The van der Waals surface area contributed by atoms with Crippen molar-refractivity contribution in [3.63, 3.8) is 0 Å². The molecule has 1 heterocycles. The smallest absolute Gasteiger partial charge is 0.281 e. The van der Waals surface area contributed by atoms with E-state index in [4.69, 9.17) is 10.5 Å². The lowest BCUT2D eigenvalue weighted by atomic mass is 10.1. The van der Waals surface area contributed by atoms with E-state index in [1.54, 1.807) is 31.3 Å². The minimum Gasteiger partial charge on any atom is -0.465 e. The standard InChI is InChI=1S/C19H19FN4O2/c1-22-18(25)15-7-9-24-16(12-15)5-3-13-4-6-17(20)14(11-13)8-10-26-19(21)23-2/h4,6-7,9,11-12H,8,10H2,1-2H3,(H2,21,23)(H,22,25). The molecule has 134 valence electrons. The highest BCUT2D eigenvalue weighted by molar-refractivity contribution is 5.94. The Labute approximate surface area is 151 Å². The fourth-order valence-electron chi connectivity index (χ4n) is 2.09. The Balaban J connectivity index is 2.15. The number of aromatic nitrogens is 1. The van der Waals surface area contributed by atoms with Gasteiger partial charge in [0.05, 0.1) is 6.61 Å². The van der Waals surface area contributed by atoms with Gasteiger partial charge in [-0.3, -0.25) is 4.79 Å². The van der Waals surface area contributed by atoms with Crippen molar-refractivity contribution >= 4 is 11.9 Å². The number of amidine groups is 1. The lowest BCUT2D eigenvalue weighted by Gasteiger charge is -2.06. The number of halogens is 1. The number of nitrogens with zero attached hydrogens (tertiary/aromatic N) is 2. The maximum atomic E-state index is 13.9. The normalized spacial score (nSPS) is 10.7.